The van der Waals surface area contributed by atoms with Crippen LogP contribution in [0.25, 0.3) is 0 Å². The average Bonchev–Trinajstić information content (AvgIpc) is 3.17. The maximum atomic E-state index is 10.6. The van der Waals surface area contributed by atoms with E-state index in [2.05, 4.69) is 33.1 Å². The Morgan fingerprint density at radius 3 is 2.92 bits per heavy atom. The number of thiophene rings is 1. The number of carboxylic acids is 1. The standard InChI is InChI=1S/C11H14N4OS.C2HF3O2/c1-2-11(17-3-1)6-12-5-10-7-15-9(8-16-10)4-13-14-15;3-2(4,5)1(6)7/h1-4,10,12H,5-8H2;(H,6,7). The number of rotatable bonds is 4. The fraction of sp³-hybridized carbons (Fsp3) is 0.462. The van der Waals surface area contributed by atoms with Crippen LogP contribution >= 0.6 is 11.3 Å². The highest BCUT2D eigenvalue weighted by Crippen LogP contribution is 2.13. The molecular formula is C13H15F3N4O3S. The molecule has 2 aromatic rings. The van der Waals surface area contributed by atoms with E-state index in [0.29, 0.717) is 6.61 Å². The highest BCUT2D eigenvalue weighted by atomic mass is 32.1. The highest BCUT2D eigenvalue weighted by molar-refractivity contribution is 7.09. The summed E-state index contributed by atoms with van der Waals surface area (Å²) in [7, 11) is 0. The summed E-state index contributed by atoms with van der Waals surface area (Å²) in [5.41, 5.74) is 1.06. The number of hydrogen-bond acceptors (Lipinski definition) is 6. The molecule has 0 bridgehead atoms. The van der Waals surface area contributed by atoms with E-state index in [1.165, 1.54) is 4.88 Å². The number of fused-ring (bicyclic) bond motifs is 1. The van der Waals surface area contributed by atoms with Crippen molar-refractivity contribution >= 4 is 17.3 Å². The Morgan fingerprint density at radius 2 is 2.29 bits per heavy atom. The monoisotopic (exact) mass is 364 g/mol. The molecule has 24 heavy (non-hydrogen) atoms. The summed E-state index contributed by atoms with van der Waals surface area (Å²) in [4.78, 5) is 10.2. The fourth-order valence-electron chi connectivity index (χ4n) is 1.89. The van der Waals surface area contributed by atoms with Gasteiger partial charge in [0.15, 0.2) is 0 Å². The number of alkyl halides is 3. The molecule has 0 saturated heterocycles. The summed E-state index contributed by atoms with van der Waals surface area (Å²) in [6.07, 6.45) is -3.14. The van der Waals surface area contributed by atoms with E-state index in [1.807, 2.05) is 4.68 Å². The molecule has 1 atom stereocenters. The smallest absolute Gasteiger partial charge is 0.475 e. The third kappa shape index (κ3) is 5.58. The van der Waals surface area contributed by atoms with Crippen LogP contribution in [0.15, 0.2) is 23.7 Å². The van der Waals surface area contributed by atoms with Crippen LogP contribution < -0.4 is 5.32 Å². The van der Waals surface area contributed by atoms with E-state index >= 15 is 0 Å². The minimum Gasteiger partial charge on any atom is -0.475 e. The van der Waals surface area contributed by atoms with Crippen molar-refractivity contribution < 1.29 is 27.8 Å². The van der Waals surface area contributed by atoms with Crippen LogP contribution in [0.4, 0.5) is 13.2 Å². The number of hydrogen-bond donors (Lipinski definition) is 2. The molecule has 0 saturated carbocycles. The molecule has 3 heterocycles. The number of halogens is 3. The van der Waals surface area contributed by atoms with Crippen LogP contribution in [0.1, 0.15) is 10.6 Å². The number of carbonyl (C=O) groups is 1. The molecule has 1 unspecified atom stereocenters. The Morgan fingerprint density at radius 1 is 1.54 bits per heavy atom. The third-order valence-corrected chi connectivity index (χ3v) is 3.91. The lowest BCUT2D eigenvalue weighted by atomic mass is 10.3. The second-order valence-corrected chi connectivity index (χ2v) is 5.89. The van der Waals surface area contributed by atoms with Gasteiger partial charge in [-0.25, -0.2) is 9.48 Å². The lowest BCUT2D eigenvalue weighted by Gasteiger charge is -2.23. The number of aromatic nitrogens is 3. The van der Waals surface area contributed by atoms with Gasteiger partial charge in [-0.3, -0.25) is 0 Å². The topological polar surface area (TPSA) is 89.3 Å². The van der Waals surface area contributed by atoms with E-state index in [4.69, 9.17) is 14.6 Å². The zero-order chi connectivity index (χ0) is 17.6. The van der Waals surface area contributed by atoms with E-state index in [9.17, 15) is 13.2 Å². The second-order valence-electron chi connectivity index (χ2n) is 4.85. The van der Waals surface area contributed by atoms with Gasteiger partial charge >= 0.3 is 12.1 Å². The van der Waals surface area contributed by atoms with Crippen molar-refractivity contribution in [2.24, 2.45) is 0 Å². The van der Waals surface area contributed by atoms with E-state index in [1.54, 1.807) is 17.5 Å². The summed E-state index contributed by atoms with van der Waals surface area (Å²) in [6.45, 7) is 3.14. The van der Waals surface area contributed by atoms with Crippen LogP contribution in [0.5, 0.6) is 0 Å². The lowest BCUT2D eigenvalue weighted by Crippen LogP contribution is -2.36. The molecule has 132 valence electrons. The molecule has 0 amide bonds. The van der Waals surface area contributed by atoms with Crippen molar-refractivity contribution in [2.45, 2.75) is 32.0 Å². The van der Waals surface area contributed by atoms with Gasteiger partial charge in [-0.05, 0) is 11.4 Å². The minimum atomic E-state index is -5.08. The number of aliphatic carboxylic acids is 1. The third-order valence-electron chi connectivity index (χ3n) is 3.04. The van der Waals surface area contributed by atoms with E-state index < -0.39 is 12.1 Å². The van der Waals surface area contributed by atoms with Crippen LogP contribution in [-0.2, 0) is 29.2 Å². The molecule has 7 nitrogen and oxygen atoms in total. The van der Waals surface area contributed by atoms with Gasteiger partial charge in [0.05, 0.1) is 31.1 Å². The van der Waals surface area contributed by atoms with Gasteiger partial charge in [-0.2, -0.15) is 13.2 Å². The molecule has 0 aliphatic carbocycles. The SMILES string of the molecule is O=C(O)C(F)(F)F.c1csc(CNCC2Cn3nncc3CO2)c1. The fourth-order valence-corrected chi connectivity index (χ4v) is 2.56. The van der Waals surface area contributed by atoms with Crippen molar-refractivity contribution in [3.05, 3.63) is 34.3 Å². The average molecular weight is 364 g/mol. The maximum Gasteiger partial charge on any atom is 0.490 e. The maximum absolute atomic E-state index is 10.6. The molecule has 3 rings (SSSR count). The van der Waals surface area contributed by atoms with Crippen LogP contribution in [0, 0.1) is 0 Å². The molecule has 1 aliphatic rings. The van der Waals surface area contributed by atoms with Gasteiger partial charge in [0, 0.05) is 18.0 Å². The molecule has 0 fully saturated rings. The molecular weight excluding hydrogens is 349 g/mol. The van der Waals surface area contributed by atoms with Crippen LogP contribution in [0.3, 0.4) is 0 Å². The number of carboxylic acid groups (broad SMARTS) is 1. The first-order valence-electron chi connectivity index (χ1n) is 6.88. The minimum absolute atomic E-state index is 0.184. The normalized spacial score (nSPS) is 16.9. The second kappa shape index (κ2) is 8.22. The van der Waals surface area contributed by atoms with Gasteiger partial charge < -0.3 is 15.2 Å². The first-order chi connectivity index (χ1) is 11.4. The molecule has 11 heteroatoms. The summed E-state index contributed by atoms with van der Waals surface area (Å²) < 4.78 is 39.4. The number of nitrogens with one attached hydrogen (secondary N) is 1. The predicted molar refractivity (Wildman–Crippen MR) is 78.3 cm³/mol. The summed E-state index contributed by atoms with van der Waals surface area (Å²) in [6, 6.07) is 4.20. The van der Waals surface area contributed by atoms with Crippen molar-refractivity contribution in [3.63, 3.8) is 0 Å². The first kappa shape index (κ1) is 18.4. The van der Waals surface area contributed by atoms with Gasteiger partial charge in [0.1, 0.15) is 0 Å². The Kier molecular flexibility index (Phi) is 6.29. The summed E-state index contributed by atoms with van der Waals surface area (Å²) >= 11 is 1.77. The van der Waals surface area contributed by atoms with Gasteiger partial charge in [0.25, 0.3) is 0 Å². The molecule has 0 aromatic carbocycles. The van der Waals surface area contributed by atoms with E-state index in [0.717, 1.165) is 25.3 Å². The lowest BCUT2D eigenvalue weighted by molar-refractivity contribution is -0.192. The van der Waals surface area contributed by atoms with Crippen LogP contribution in [-0.4, -0.2) is 44.9 Å². The quantitative estimate of drug-likeness (QED) is 0.858. The molecule has 2 N–H and O–H groups in total. The number of nitrogens with zero attached hydrogens (tertiary/aromatic N) is 3. The zero-order valence-corrected chi connectivity index (χ0v) is 13.2. The summed E-state index contributed by atoms with van der Waals surface area (Å²) in [5, 5.41) is 20.5. The first-order valence-corrected chi connectivity index (χ1v) is 7.76. The Hall–Kier alpha value is -1.98. The van der Waals surface area contributed by atoms with E-state index in [-0.39, 0.29) is 6.10 Å². The van der Waals surface area contributed by atoms with Gasteiger partial charge in [-0.15, -0.1) is 16.4 Å². The molecule has 2 aromatic heterocycles. The Balaban J connectivity index is 0.000000256. The van der Waals surface area contributed by atoms with Crippen molar-refractivity contribution in [2.75, 3.05) is 6.54 Å². The Labute approximate surface area is 139 Å². The van der Waals surface area contributed by atoms with Crippen molar-refractivity contribution in [1.29, 1.82) is 0 Å². The molecule has 0 spiro atoms. The number of ether oxygens (including phenoxy) is 1. The van der Waals surface area contributed by atoms with Gasteiger partial charge in [0.2, 0.25) is 0 Å². The zero-order valence-electron chi connectivity index (χ0n) is 12.4. The Bertz CT molecular complexity index is 645. The highest BCUT2D eigenvalue weighted by Gasteiger charge is 2.38. The van der Waals surface area contributed by atoms with Crippen LogP contribution in [0.2, 0.25) is 0 Å². The summed E-state index contributed by atoms with van der Waals surface area (Å²) in [5.74, 6) is -2.76. The van der Waals surface area contributed by atoms with Gasteiger partial charge in [-0.1, -0.05) is 11.3 Å². The predicted octanol–water partition coefficient (Wildman–Crippen LogP) is 1.66. The van der Waals surface area contributed by atoms with Crippen molar-refractivity contribution in [1.82, 2.24) is 20.3 Å². The van der Waals surface area contributed by atoms with Crippen molar-refractivity contribution in [3.8, 4) is 0 Å². The molecule has 0 radical (unpaired) electrons. The molecule has 1 aliphatic heterocycles. The largest absolute Gasteiger partial charge is 0.490 e.